The minimum Gasteiger partial charge on any atom is -0.337 e. The number of carbonyl (C=O) groups excluding carboxylic acids is 1. The maximum Gasteiger partial charge on any atom is 0.253 e. The van der Waals surface area contributed by atoms with E-state index in [0.717, 1.165) is 49.1 Å². The van der Waals surface area contributed by atoms with Gasteiger partial charge in [0, 0.05) is 43.8 Å². The monoisotopic (exact) mass is 258 g/mol. The lowest BCUT2D eigenvalue weighted by molar-refractivity contribution is 0.0766. The molecule has 0 unspecified atom stereocenters. The molecule has 0 atom stereocenters. The fraction of sp³-hybridized carbons (Fsp3) is 0.429. The van der Waals surface area contributed by atoms with Crippen LogP contribution in [0.25, 0.3) is 10.9 Å². The van der Waals surface area contributed by atoms with E-state index in [1.54, 1.807) is 4.68 Å². The van der Waals surface area contributed by atoms with Gasteiger partial charge in [0.15, 0.2) is 0 Å². The normalized spacial score (nSPS) is 16.6. The predicted molar refractivity (Wildman–Crippen MR) is 74.1 cm³/mol. The first-order valence-electron chi connectivity index (χ1n) is 6.67. The Morgan fingerprint density at radius 2 is 2.21 bits per heavy atom. The lowest BCUT2D eigenvalue weighted by Crippen LogP contribution is -2.34. The van der Waals surface area contributed by atoms with Crippen molar-refractivity contribution in [2.24, 2.45) is 7.05 Å². The molecule has 0 radical (unpaired) electrons. The molecule has 1 fully saturated rings. The lowest BCUT2D eigenvalue weighted by Gasteiger charge is -2.19. The minimum atomic E-state index is 0.108. The van der Waals surface area contributed by atoms with Gasteiger partial charge < -0.3 is 10.2 Å². The number of hydrogen-bond donors (Lipinski definition) is 1. The molecule has 3 rings (SSSR count). The van der Waals surface area contributed by atoms with Crippen molar-refractivity contribution in [2.75, 3.05) is 26.2 Å². The molecule has 1 aromatic heterocycles. The van der Waals surface area contributed by atoms with Crippen LogP contribution in [0.3, 0.4) is 0 Å². The zero-order valence-electron chi connectivity index (χ0n) is 11.1. The van der Waals surface area contributed by atoms with E-state index >= 15 is 0 Å². The molecule has 1 N–H and O–H groups in total. The van der Waals surface area contributed by atoms with E-state index in [4.69, 9.17) is 0 Å². The highest BCUT2D eigenvalue weighted by Crippen LogP contribution is 2.15. The zero-order valence-corrected chi connectivity index (χ0v) is 11.1. The standard InChI is InChI=1S/C14H18N4O/c1-17-10-12-4-3-11(9-13(12)16-17)14(19)18-7-2-5-15-6-8-18/h3-4,9-10,15H,2,5-8H2,1H3. The van der Waals surface area contributed by atoms with Gasteiger partial charge in [0.05, 0.1) is 5.52 Å². The Bertz CT molecular complexity index is 597. The molecule has 2 heterocycles. The van der Waals surface area contributed by atoms with E-state index in [9.17, 15) is 4.79 Å². The summed E-state index contributed by atoms with van der Waals surface area (Å²) in [6.45, 7) is 3.46. The Morgan fingerprint density at radius 1 is 1.32 bits per heavy atom. The number of hydrogen-bond acceptors (Lipinski definition) is 3. The molecule has 2 aromatic rings. The Balaban J connectivity index is 1.87. The summed E-state index contributed by atoms with van der Waals surface area (Å²) in [5.41, 5.74) is 1.61. The van der Waals surface area contributed by atoms with Gasteiger partial charge in [0.25, 0.3) is 5.91 Å². The van der Waals surface area contributed by atoms with Gasteiger partial charge in [-0.3, -0.25) is 9.48 Å². The number of rotatable bonds is 1. The highest BCUT2D eigenvalue weighted by Gasteiger charge is 2.17. The number of benzene rings is 1. The number of carbonyl (C=O) groups is 1. The summed E-state index contributed by atoms with van der Waals surface area (Å²) in [5.74, 6) is 0.108. The van der Waals surface area contributed by atoms with Gasteiger partial charge in [0.2, 0.25) is 0 Å². The molecule has 5 heteroatoms. The van der Waals surface area contributed by atoms with Crippen LogP contribution in [0.4, 0.5) is 0 Å². The molecule has 1 saturated heterocycles. The van der Waals surface area contributed by atoms with Crippen LogP contribution < -0.4 is 5.32 Å². The van der Waals surface area contributed by atoms with Crippen LogP contribution in [-0.4, -0.2) is 46.8 Å². The molecular formula is C14H18N4O. The number of aryl methyl sites for hydroxylation is 1. The predicted octanol–water partition coefficient (Wildman–Crippen LogP) is 1.01. The van der Waals surface area contributed by atoms with Gasteiger partial charge in [-0.2, -0.15) is 5.10 Å². The third kappa shape index (κ3) is 2.46. The fourth-order valence-electron chi connectivity index (χ4n) is 2.50. The maximum absolute atomic E-state index is 12.5. The minimum absolute atomic E-state index is 0.108. The van der Waals surface area contributed by atoms with Crippen LogP contribution in [0.2, 0.25) is 0 Å². The average molecular weight is 258 g/mol. The van der Waals surface area contributed by atoms with Crippen molar-refractivity contribution in [1.29, 1.82) is 0 Å². The molecule has 0 bridgehead atoms. The van der Waals surface area contributed by atoms with Crippen molar-refractivity contribution >= 4 is 16.8 Å². The summed E-state index contributed by atoms with van der Waals surface area (Å²) in [5, 5.41) is 8.73. The maximum atomic E-state index is 12.5. The van der Waals surface area contributed by atoms with Crippen molar-refractivity contribution in [2.45, 2.75) is 6.42 Å². The summed E-state index contributed by atoms with van der Waals surface area (Å²) in [6.07, 6.45) is 2.97. The van der Waals surface area contributed by atoms with Crippen molar-refractivity contribution in [1.82, 2.24) is 20.0 Å². The Morgan fingerprint density at radius 3 is 3.11 bits per heavy atom. The summed E-state index contributed by atoms with van der Waals surface area (Å²) in [4.78, 5) is 14.4. The number of amides is 1. The van der Waals surface area contributed by atoms with Crippen LogP contribution in [0.1, 0.15) is 16.8 Å². The van der Waals surface area contributed by atoms with E-state index in [0.29, 0.717) is 0 Å². The molecule has 100 valence electrons. The SMILES string of the molecule is Cn1cc2ccc(C(=O)N3CCCNCC3)cc2n1. The highest BCUT2D eigenvalue weighted by atomic mass is 16.2. The molecule has 1 amide bonds. The second-order valence-electron chi connectivity index (χ2n) is 4.97. The molecule has 1 aliphatic rings. The molecule has 19 heavy (non-hydrogen) atoms. The van der Waals surface area contributed by atoms with E-state index < -0.39 is 0 Å². The van der Waals surface area contributed by atoms with Crippen molar-refractivity contribution in [3.63, 3.8) is 0 Å². The van der Waals surface area contributed by atoms with Crippen LogP contribution in [0, 0.1) is 0 Å². The first kappa shape index (κ1) is 12.2. The van der Waals surface area contributed by atoms with Crippen molar-refractivity contribution in [3.05, 3.63) is 30.0 Å². The molecular weight excluding hydrogens is 240 g/mol. The lowest BCUT2D eigenvalue weighted by atomic mass is 10.1. The summed E-state index contributed by atoms with van der Waals surface area (Å²) in [6, 6.07) is 5.74. The second-order valence-corrected chi connectivity index (χ2v) is 4.97. The largest absolute Gasteiger partial charge is 0.337 e. The van der Waals surface area contributed by atoms with Crippen molar-refractivity contribution in [3.8, 4) is 0 Å². The highest BCUT2D eigenvalue weighted by molar-refractivity contribution is 5.97. The first-order valence-corrected chi connectivity index (χ1v) is 6.67. The van der Waals surface area contributed by atoms with Gasteiger partial charge in [-0.05, 0) is 25.1 Å². The average Bonchev–Trinajstić information content (AvgIpc) is 2.63. The Labute approximate surface area is 112 Å². The van der Waals surface area contributed by atoms with Gasteiger partial charge >= 0.3 is 0 Å². The van der Waals surface area contributed by atoms with Crippen LogP contribution in [0.15, 0.2) is 24.4 Å². The Kier molecular flexibility index (Phi) is 3.21. The fourth-order valence-corrected chi connectivity index (χ4v) is 2.50. The Hall–Kier alpha value is -1.88. The van der Waals surface area contributed by atoms with E-state index in [-0.39, 0.29) is 5.91 Å². The van der Waals surface area contributed by atoms with Gasteiger partial charge in [0.1, 0.15) is 0 Å². The third-order valence-corrected chi connectivity index (χ3v) is 3.50. The first-order chi connectivity index (χ1) is 9.24. The quantitative estimate of drug-likeness (QED) is 0.830. The number of fused-ring (bicyclic) bond motifs is 1. The van der Waals surface area contributed by atoms with Gasteiger partial charge in [-0.15, -0.1) is 0 Å². The molecule has 0 spiro atoms. The van der Waals surface area contributed by atoms with E-state index in [1.807, 2.05) is 36.3 Å². The summed E-state index contributed by atoms with van der Waals surface area (Å²) < 4.78 is 1.77. The number of aromatic nitrogens is 2. The summed E-state index contributed by atoms with van der Waals surface area (Å²) >= 11 is 0. The van der Waals surface area contributed by atoms with Crippen LogP contribution in [0.5, 0.6) is 0 Å². The van der Waals surface area contributed by atoms with E-state index in [1.165, 1.54) is 0 Å². The molecule has 1 aliphatic heterocycles. The summed E-state index contributed by atoms with van der Waals surface area (Å²) in [7, 11) is 1.89. The smallest absolute Gasteiger partial charge is 0.253 e. The van der Waals surface area contributed by atoms with Crippen molar-refractivity contribution < 1.29 is 4.79 Å². The topological polar surface area (TPSA) is 50.2 Å². The van der Waals surface area contributed by atoms with Crippen LogP contribution >= 0.6 is 0 Å². The molecule has 0 aliphatic carbocycles. The van der Waals surface area contributed by atoms with Gasteiger partial charge in [-0.25, -0.2) is 0 Å². The zero-order chi connectivity index (χ0) is 13.2. The number of nitrogens with one attached hydrogen (secondary N) is 1. The molecule has 0 saturated carbocycles. The van der Waals surface area contributed by atoms with E-state index in [2.05, 4.69) is 10.4 Å². The second kappa shape index (κ2) is 5.01. The third-order valence-electron chi connectivity index (χ3n) is 3.50. The number of nitrogens with zero attached hydrogens (tertiary/aromatic N) is 3. The molecule has 1 aromatic carbocycles. The van der Waals surface area contributed by atoms with Gasteiger partial charge in [-0.1, -0.05) is 6.07 Å². The molecule has 5 nitrogen and oxygen atoms in total. The van der Waals surface area contributed by atoms with Crippen LogP contribution in [-0.2, 0) is 7.05 Å².